The van der Waals surface area contributed by atoms with Crippen LogP contribution in [0.2, 0.25) is 0 Å². The molecule has 0 aromatic carbocycles. The number of rotatable bonds is 6. The fourth-order valence-electron chi connectivity index (χ4n) is 0.825. The van der Waals surface area contributed by atoms with Gasteiger partial charge in [0, 0.05) is 6.92 Å². The first-order valence-electron chi connectivity index (χ1n) is 4.02. The highest BCUT2D eigenvalue weighted by molar-refractivity contribution is 5.89. The summed E-state index contributed by atoms with van der Waals surface area (Å²) in [7, 11) is 1.47. The standard InChI is InChI=1S/C8H13NO5/c1-5(10)14-4-7(11)6(9-2)3-8(12)13/h6,9H,3-4H2,1-2H3,(H,12,13). The van der Waals surface area contributed by atoms with Crippen molar-refractivity contribution in [1.29, 1.82) is 0 Å². The number of hydrogen-bond acceptors (Lipinski definition) is 5. The smallest absolute Gasteiger partial charge is 0.305 e. The van der Waals surface area contributed by atoms with E-state index in [0.29, 0.717) is 0 Å². The number of carbonyl (C=O) groups excluding carboxylic acids is 2. The average molecular weight is 203 g/mol. The molecule has 0 fully saturated rings. The van der Waals surface area contributed by atoms with Crippen LogP contribution in [0.25, 0.3) is 0 Å². The van der Waals surface area contributed by atoms with Crippen LogP contribution >= 0.6 is 0 Å². The number of esters is 1. The van der Waals surface area contributed by atoms with Crippen LogP contribution < -0.4 is 5.32 Å². The van der Waals surface area contributed by atoms with Crippen LogP contribution in [-0.4, -0.2) is 42.5 Å². The molecule has 80 valence electrons. The molecule has 0 bridgehead atoms. The van der Waals surface area contributed by atoms with Crippen molar-refractivity contribution in [2.45, 2.75) is 19.4 Å². The molecular weight excluding hydrogens is 190 g/mol. The van der Waals surface area contributed by atoms with Crippen molar-refractivity contribution < 1.29 is 24.2 Å². The molecule has 0 aliphatic carbocycles. The lowest BCUT2D eigenvalue weighted by Crippen LogP contribution is -2.38. The second-order valence-electron chi connectivity index (χ2n) is 2.69. The van der Waals surface area contributed by atoms with E-state index in [1.807, 2.05) is 0 Å². The van der Waals surface area contributed by atoms with E-state index >= 15 is 0 Å². The van der Waals surface area contributed by atoms with E-state index in [9.17, 15) is 14.4 Å². The van der Waals surface area contributed by atoms with Crippen molar-refractivity contribution in [2.24, 2.45) is 0 Å². The van der Waals surface area contributed by atoms with Gasteiger partial charge in [-0.1, -0.05) is 0 Å². The molecule has 2 N–H and O–H groups in total. The summed E-state index contributed by atoms with van der Waals surface area (Å²) in [6, 6.07) is -0.813. The number of likely N-dealkylation sites (N-methyl/N-ethyl adjacent to an activating group) is 1. The van der Waals surface area contributed by atoms with Gasteiger partial charge in [0.2, 0.25) is 0 Å². The Morgan fingerprint density at radius 3 is 2.36 bits per heavy atom. The molecule has 0 saturated carbocycles. The van der Waals surface area contributed by atoms with Crippen molar-refractivity contribution >= 4 is 17.7 Å². The molecule has 6 nitrogen and oxygen atoms in total. The van der Waals surface area contributed by atoms with E-state index in [4.69, 9.17) is 5.11 Å². The van der Waals surface area contributed by atoms with Crippen LogP contribution in [0.1, 0.15) is 13.3 Å². The van der Waals surface area contributed by atoms with Gasteiger partial charge in [0.1, 0.15) is 0 Å². The van der Waals surface area contributed by atoms with E-state index in [0.717, 1.165) is 0 Å². The summed E-state index contributed by atoms with van der Waals surface area (Å²) >= 11 is 0. The zero-order valence-corrected chi connectivity index (χ0v) is 8.07. The molecule has 0 aliphatic heterocycles. The number of Topliss-reactive ketones (excluding diaryl/α,β-unsaturated/α-hetero) is 1. The molecule has 0 aromatic heterocycles. The third-order valence-electron chi connectivity index (χ3n) is 1.53. The Kier molecular flexibility index (Phi) is 5.47. The third-order valence-corrected chi connectivity index (χ3v) is 1.53. The van der Waals surface area contributed by atoms with Gasteiger partial charge in [-0.2, -0.15) is 0 Å². The summed E-state index contributed by atoms with van der Waals surface area (Å²) in [4.78, 5) is 31.9. The number of ether oxygens (including phenoxy) is 1. The Hall–Kier alpha value is -1.43. The Morgan fingerprint density at radius 2 is 2.00 bits per heavy atom. The molecule has 0 rings (SSSR count). The van der Waals surface area contributed by atoms with Crippen LogP contribution in [0.3, 0.4) is 0 Å². The summed E-state index contributed by atoms with van der Waals surface area (Å²) in [5.74, 6) is -2.10. The predicted octanol–water partition coefficient (Wildman–Crippen LogP) is -0.819. The zero-order chi connectivity index (χ0) is 11.1. The number of ketones is 1. The van der Waals surface area contributed by atoms with Crippen LogP contribution in [0, 0.1) is 0 Å². The fraction of sp³-hybridized carbons (Fsp3) is 0.625. The number of hydrogen-bond donors (Lipinski definition) is 2. The van der Waals surface area contributed by atoms with E-state index in [1.54, 1.807) is 0 Å². The lowest BCUT2D eigenvalue weighted by atomic mass is 10.1. The first kappa shape index (κ1) is 12.6. The summed E-state index contributed by atoms with van der Waals surface area (Å²) < 4.78 is 4.45. The number of carboxylic acid groups (broad SMARTS) is 1. The number of nitrogens with one attached hydrogen (secondary N) is 1. The van der Waals surface area contributed by atoms with Gasteiger partial charge in [-0.25, -0.2) is 0 Å². The van der Waals surface area contributed by atoms with Gasteiger partial charge in [0.25, 0.3) is 0 Å². The molecule has 0 amide bonds. The molecule has 0 saturated heterocycles. The summed E-state index contributed by atoms with van der Waals surface area (Å²) in [5, 5.41) is 11.0. The van der Waals surface area contributed by atoms with Crippen LogP contribution in [0.5, 0.6) is 0 Å². The van der Waals surface area contributed by atoms with E-state index in [1.165, 1.54) is 14.0 Å². The van der Waals surface area contributed by atoms with Gasteiger partial charge < -0.3 is 15.2 Å². The largest absolute Gasteiger partial charge is 0.481 e. The van der Waals surface area contributed by atoms with Crippen molar-refractivity contribution in [3.8, 4) is 0 Å². The van der Waals surface area contributed by atoms with Gasteiger partial charge in [0.05, 0.1) is 12.5 Å². The third kappa shape index (κ3) is 5.26. The van der Waals surface area contributed by atoms with Crippen LogP contribution in [-0.2, 0) is 19.1 Å². The minimum absolute atomic E-state index is 0.323. The molecule has 0 aromatic rings. The van der Waals surface area contributed by atoms with Crippen molar-refractivity contribution in [3.63, 3.8) is 0 Å². The molecular formula is C8H13NO5. The number of carboxylic acids is 1. The minimum atomic E-state index is -1.08. The minimum Gasteiger partial charge on any atom is -0.481 e. The van der Waals surface area contributed by atoms with Crippen molar-refractivity contribution in [1.82, 2.24) is 5.32 Å². The highest BCUT2D eigenvalue weighted by Crippen LogP contribution is 1.94. The second kappa shape index (κ2) is 6.09. The quantitative estimate of drug-likeness (QED) is 0.548. The highest BCUT2D eigenvalue weighted by atomic mass is 16.5. The average Bonchev–Trinajstić information content (AvgIpc) is 2.09. The number of aliphatic carboxylic acids is 1. The predicted molar refractivity (Wildman–Crippen MR) is 46.7 cm³/mol. The zero-order valence-electron chi connectivity index (χ0n) is 8.07. The Labute approximate surface area is 81.2 Å². The fourth-order valence-corrected chi connectivity index (χ4v) is 0.825. The maximum absolute atomic E-state index is 11.2. The molecule has 0 radical (unpaired) electrons. The van der Waals surface area contributed by atoms with E-state index in [2.05, 4.69) is 10.1 Å². The Morgan fingerprint density at radius 1 is 1.43 bits per heavy atom. The Balaban J connectivity index is 4.04. The molecule has 14 heavy (non-hydrogen) atoms. The van der Waals surface area contributed by atoms with Gasteiger partial charge in [-0.05, 0) is 7.05 Å². The molecule has 1 unspecified atom stereocenters. The maximum Gasteiger partial charge on any atom is 0.305 e. The second-order valence-corrected chi connectivity index (χ2v) is 2.69. The topological polar surface area (TPSA) is 92.7 Å². The molecule has 0 aliphatic rings. The SMILES string of the molecule is CNC(CC(=O)O)C(=O)COC(C)=O. The van der Waals surface area contributed by atoms with Crippen molar-refractivity contribution in [2.75, 3.05) is 13.7 Å². The lowest BCUT2D eigenvalue weighted by Gasteiger charge is -2.11. The molecule has 0 spiro atoms. The van der Waals surface area contributed by atoms with E-state index in [-0.39, 0.29) is 6.42 Å². The summed E-state index contributed by atoms with van der Waals surface area (Å²) in [5.41, 5.74) is 0. The van der Waals surface area contributed by atoms with Crippen molar-refractivity contribution in [3.05, 3.63) is 0 Å². The highest BCUT2D eigenvalue weighted by Gasteiger charge is 2.20. The summed E-state index contributed by atoms with van der Waals surface area (Å²) in [6.45, 7) is 0.785. The first-order valence-corrected chi connectivity index (χ1v) is 4.02. The van der Waals surface area contributed by atoms with Crippen LogP contribution in [0.4, 0.5) is 0 Å². The lowest BCUT2D eigenvalue weighted by molar-refractivity contribution is -0.147. The molecule has 1 atom stereocenters. The summed E-state index contributed by atoms with van der Waals surface area (Å²) in [6.07, 6.45) is -0.323. The normalized spacial score (nSPS) is 11.9. The van der Waals surface area contributed by atoms with Gasteiger partial charge in [-0.3, -0.25) is 14.4 Å². The van der Waals surface area contributed by atoms with Gasteiger partial charge in [-0.15, -0.1) is 0 Å². The van der Waals surface area contributed by atoms with Gasteiger partial charge in [0.15, 0.2) is 12.4 Å². The van der Waals surface area contributed by atoms with Crippen LogP contribution in [0.15, 0.2) is 0 Å². The first-order chi connectivity index (χ1) is 6.47. The maximum atomic E-state index is 11.2. The molecule has 6 heteroatoms. The number of carbonyl (C=O) groups is 3. The monoisotopic (exact) mass is 203 g/mol. The van der Waals surface area contributed by atoms with E-state index < -0.39 is 30.4 Å². The molecule has 0 heterocycles. The Bertz CT molecular complexity index is 238. The van der Waals surface area contributed by atoms with Gasteiger partial charge >= 0.3 is 11.9 Å².